The second kappa shape index (κ2) is 5.14. The number of halogens is 1. The normalized spacial score (nSPS) is 20.3. The molecule has 1 amide bonds. The zero-order valence-electron chi connectivity index (χ0n) is 11.7. The van der Waals surface area contributed by atoms with Crippen molar-refractivity contribution in [3.05, 3.63) is 50.4 Å². The lowest BCUT2D eigenvalue weighted by molar-refractivity contribution is 0.0934. The van der Waals surface area contributed by atoms with Gasteiger partial charge in [0.15, 0.2) is 0 Å². The molecular formula is C14H15BrN4O2. The van der Waals surface area contributed by atoms with Crippen LogP contribution in [0.2, 0.25) is 0 Å². The Morgan fingerprint density at radius 3 is 3.10 bits per heavy atom. The number of rotatable bonds is 2. The number of aromatic nitrogens is 3. The summed E-state index contributed by atoms with van der Waals surface area (Å²) in [6, 6.07) is 1.76. The van der Waals surface area contributed by atoms with Gasteiger partial charge in [0.2, 0.25) is 0 Å². The SMILES string of the molecule is Cc1[nH]c(=O)c(Br)cc1C(=O)NC1CC(C)n2ccnc21. The van der Waals surface area contributed by atoms with Crippen molar-refractivity contribution in [3.8, 4) is 0 Å². The third-order valence-electron chi connectivity index (χ3n) is 3.80. The number of hydrogen-bond acceptors (Lipinski definition) is 3. The Balaban J connectivity index is 1.86. The Labute approximate surface area is 129 Å². The van der Waals surface area contributed by atoms with Crippen LogP contribution in [0.4, 0.5) is 0 Å². The smallest absolute Gasteiger partial charge is 0.262 e. The van der Waals surface area contributed by atoms with Gasteiger partial charge in [-0.05, 0) is 42.3 Å². The van der Waals surface area contributed by atoms with Gasteiger partial charge in [-0.15, -0.1) is 0 Å². The van der Waals surface area contributed by atoms with E-state index in [1.165, 1.54) is 0 Å². The Morgan fingerprint density at radius 1 is 1.57 bits per heavy atom. The second-order valence-electron chi connectivity index (χ2n) is 5.29. The topological polar surface area (TPSA) is 79.8 Å². The number of amides is 1. The molecule has 0 aromatic carbocycles. The van der Waals surface area contributed by atoms with Crippen molar-refractivity contribution < 1.29 is 4.79 Å². The molecule has 2 unspecified atom stereocenters. The lowest BCUT2D eigenvalue weighted by atomic mass is 10.1. The van der Waals surface area contributed by atoms with Gasteiger partial charge in [0.05, 0.1) is 16.1 Å². The van der Waals surface area contributed by atoms with E-state index in [0.717, 1.165) is 12.2 Å². The highest BCUT2D eigenvalue weighted by atomic mass is 79.9. The van der Waals surface area contributed by atoms with E-state index in [1.54, 1.807) is 19.2 Å². The number of H-pyrrole nitrogens is 1. The highest BCUT2D eigenvalue weighted by molar-refractivity contribution is 9.10. The predicted molar refractivity (Wildman–Crippen MR) is 81.3 cm³/mol. The van der Waals surface area contributed by atoms with Crippen LogP contribution in [0.3, 0.4) is 0 Å². The van der Waals surface area contributed by atoms with Gasteiger partial charge in [-0.25, -0.2) is 4.98 Å². The fourth-order valence-corrected chi connectivity index (χ4v) is 3.05. The zero-order chi connectivity index (χ0) is 15.1. The van der Waals surface area contributed by atoms with Crippen molar-refractivity contribution in [2.45, 2.75) is 32.4 Å². The molecular weight excluding hydrogens is 336 g/mol. The Kier molecular flexibility index (Phi) is 3.44. The quantitative estimate of drug-likeness (QED) is 0.869. The number of pyridine rings is 1. The number of nitrogens with one attached hydrogen (secondary N) is 2. The number of aromatic amines is 1. The first-order valence-corrected chi connectivity index (χ1v) is 7.49. The summed E-state index contributed by atoms with van der Waals surface area (Å²) in [6.07, 6.45) is 4.48. The van der Waals surface area contributed by atoms with Crippen molar-refractivity contribution in [2.75, 3.05) is 0 Å². The first-order valence-electron chi connectivity index (χ1n) is 6.70. The summed E-state index contributed by atoms with van der Waals surface area (Å²) < 4.78 is 2.42. The lowest BCUT2D eigenvalue weighted by Crippen LogP contribution is -2.29. The number of carbonyl (C=O) groups excluding carboxylic acids is 1. The number of carbonyl (C=O) groups is 1. The number of imidazole rings is 1. The van der Waals surface area contributed by atoms with Crippen LogP contribution >= 0.6 is 15.9 Å². The molecule has 0 spiro atoms. The van der Waals surface area contributed by atoms with Crippen LogP contribution < -0.4 is 10.9 Å². The molecule has 21 heavy (non-hydrogen) atoms. The molecule has 3 rings (SSSR count). The molecule has 0 fully saturated rings. The average molecular weight is 351 g/mol. The van der Waals surface area contributed by atoms with Crippen LogP contribution in [0.1, 0.15) is 47.3 Å². The third kappa shape index (κ3) is 2.42. The first kappa shape index (κ1) is 14.1. The standard InChI is InChI=1S/C14H15BrN4O2/c1-7-5-11(12-16-3-4-19(7)12)18-13(20)9-6-10(15)14(21)17-8(9)2/h3-4,6-7,11H,5H2,1-2H3,(H,17,21)(H,18,20). The molecule has 7 heteroatoms. The summed E-state index contributed by atoms with van der Waals surface area (Å²) in [5.74, 6) is 0.662. The minimum Gasteiger partial charge on any atom is -0.342 e. The van der Waals surface area contributed by atoms with E-state index >= 15 is 0 Å². The molecule has 1 aliphatic rings. The van der Waals surface area contributed by atoms with Crippen LogP contribution in [0.15, 0.2) is 27.7 Å². The fraction of sp³-hybridized carbons (Fsp3) is 0.357. The summed E-state index contributed by atoms with van der Waals surface area (Å²) in [7, 11) is 0. The van der Waals surface area contributed by atoms with Gasteiger partial charge in [-0.1, -0.05) is 0 Å². The number of aryl methyl sites for hydroxylation is 1. The van der Waals surface area contributed by atoms with E-state index in [9.17, 15) is 9.59 Å². The largest absolute Gasteiger partial charge is 0.342 e. The van der Waals surface area contributed by atoms with Gasteiger partial charge in [-0.2, -0.15) is 0 Å². The highest BCUT2D eigenvalue weighted by Crippen LogP contribution is 2.32. The van der Waals surface area contributed by atoms with E-state index in [-0.39, 0.29) is 17.5 Å². The molecule has 2 N–H and O–H groups in total. The maximum atomic E-state index is 12.4. The van der Waals surface area contributed by atoms with Gasteiger partial charge in [0.25, 0.3) is 11.5 Å². The molecule has 3 heterocycles. The van der Waals surface area contributed by atoms with Gasteiger partial charge in [0, 0.05) is 24.1 Å². The zero-order valence-corrected chi connectivity index (χ0v) is 13.3. The summed E-state index contributed by atoms with van der Waals surface area (Å²) >= 11 is 3.15. The van der Waals surface area contributed by atoms with Crippen LogP contribution in [0, 0.1) is 6.92 Å². The Bertz CT molecular complexity index is 765. The monoisotopic (exact) mass is 350 g/mol. The molecule has 0 saturated carbocycles. The maximum absolute atomic E-state index is 12.4. The minimum atomic E-state index is -0.242. The van der Waals surface area contributed by atoms with E-state index in [4.69, 9.17) is 0 Å². The molecule has 0 radical (unpaired) electrons. The molecule has 110 valence electrons. The van der Waals surface area contributed by atoms with E-state index < -0.39 is 0 Å². The Hall–Kier alpha value is -1.89. The number of hydrogen-bond donors (Lipinski definition) is 2. The fourth-order valence-electron chi connectivity index (χ4n) is 2.72. The summed E-state index contributed by atoms with van der Waals surface area (Å²) in [5.41, 5.74) is 0.767. The van der Waals surface area contributed by atoms with Gasteiger partial charge < -0.3 is 14.9 Å². The molecule has 0 saturated heterocycles. The first-order chi connectivity index (χ1) is 9.97. The molecule has 6 nitrogen and oxygen atoms in total. The van der Waals surface area contributed by atoms with Crippen LogP contribution in [-0.4, -0.2) is 20.4 Å². The van der Waals surface area contributed by atoms with E-state index in [1.807, 2.05) is 6.20 Å². The molecule has 0 aliphatic carbocycles. The predicted octanol–water partition coefficient (Wildman–Crippen LogP) is 2.08. The van der Waals surface area contributed by atoms with Gasteiger partial charge in [0.1, 0.15) is 5.82 Å². The molecule has 1 aliphatic heterocycles. The molecule has 2 atom stereocenters. The highest BCUT2D eigenvalue weighted by Gasteiger charge is 2.30. The summed E-state index contributed by atoms with van der Waals surface area (Å²) in [4.78, 5) is 30.9. The number of fused-ring (bicyclic) bond motifs is 1. The van der Waals surface area contributed by atoms with Gasteiger partial charge >= 0.3 is 0 Å². The minimum absolute atomic E-state index is 0.104. The summed E-state index contributed by atoms with van der Waals surface area (Å²) in [6.45, 7) is 3.81. The average Bonchev–Trinajstić information content (AvgIpc) is 3.00. The molecule has 0 bridgehead atoms. The third-order valence-corrected chi connectivity index (χ3v) is 4.39. The van der Waals surface area contributed by atoms with Crippen molar-refractivity contribution in [3.63, 3.8) is 0 Å². The maximum Gasteiger partial charge on any atom is 0.262 e. The van der Waals surface area contributed by atoms with Crippen LogP contribution in [0.5, 0.6) is 0 Å². The van der Waals surface area contributed by atoms with E-state index in [0.29, 0.717) is 21.8 Å². The number of nitrogens with zero attached hydrogens (tertiary/aromatic N) is 2. The summed E-state index contributed by atoms with van der Waals surface area (Å²) in [5, 5.41) is 2.99. The molecule has 2 aromatic heterocycles. The van der Waals surface area contributed by atoms with Crippen LogP contribution in [0.25, 0.3) is 0 Å². The van der Waals surface area contributed by atoms with Gasteiger partial charge in [-0.3, -0.25) is 9.59 Å². The van der Waals surface area contributed by atoms with Crippen molar-refractivity contribution in [1.82, 2.24) is 19.9 Å². The van der Waals surface area contributed by atoms with Crippen LogP contribution in [-0.2, 0) is 0 Å². The second-order valence-corrected chi connectivity index (χ2v) is 6.14. The van der Waals surface area contributed by atoms with Crippen molar-refractivity contribution >= 4 is 21.8 Å². The molecule has 2 aromatic rings. The lowest BCUT2D eigenvalue weighted by Gasteiger charge is -2.13. The Morgan fingerprint density at radius 2 is 2.33 bits per heavy atom. The van der Waals surface area contributed by atoms with Crippen molar-refractivity contribution in [1.29, 1.82) is 0 Å². The van der Waals surface area contributed by atoms with E-state index in [2.05, 4.69) is 42.7 Å². The van der Waals surface area contributed by atoms with Crippen molar-refractivity contribution in [2.24, 2.45) is 0 Å².